The third-order valence-corrected chi connectivity index (χ3v) is 3.80. The molecule has 18 heavy (non-hydrogen) atoms. The maximum atomic E-state index is 3.59. The molecule has 2 aromatic rings. The van der Waals surface area contributed by atoms with Gasteiger partial charge in [-0.1, -0.05) is 64.5 Å². The molecular weight excluding hydrogens is 286 g/mol. The highest BCUT2D eigenvalue weighted by molar-refractivity contribution is 9.10. The van der Waals surface area contributed by atoms with Gasteiger partial charge >= 0.3 is 0 Å². The molecule has 1 unspecified atom stereocenters. The Balaban J connectivity index is 1.86. The molecule has 0 amide bonds. The molecule has 0 saturated carbocycles. The molecule has 2 rings (SSSR count). The molecule has 94 valence electrons. The Bertz CT molecular complexity index is 481. The van der Waals surface area contributed by atoms with E-state index in [-0.39, 0.29) is 0 Å². The van der Waals surface area contributed by atoms with Crippen LogP contribution in [-0.4, -0.2) is 6.54 Å². The molecule has 1 N–H and O–H groups in total. The fraction of sp³-hybridized carbons (Fsp3) is 0.250. The Morgan fingerprint density at radius 2 is 1.67 bits per heavy atom. The zero-order chi connectivity index (χ0) is 12.8. The molecule has 0 aromatic heterocycles. The first-order valence-electron chi connectivity index (χ1n) is 6.29. The maximum absolute atomic E-state index is 3.59. The molecule has 2 heteroatoms. The van der Waals surface area contributed by atoms with Crippen molar-refractivity contribution in [2.75, 3.05) is 6.54 Å². The summed E-state index contributed by atoms with van der Waals surface area (Å²) in [7, 11) is 0. The fourth-order valence-corrected chi connectivity index (χ4v) is 2.64. The summed E-state index contributed by atoms with van der Waals surface area (Å²) in [6.07, 6.45) is 1.07. The summed E-state index contributed by atoms with van der Waals surface area (Å²) in [5.41, 5.74) is 2.69. The van der Waals surface area contributed by atoms with Gasteiger partial charge in [0.15, 0.2) is 0 Å². The summed E-state index contributed by atoms with van der Waals surface area (Å²) in [6.45, 7) is 3.19. The fourth-order valence-electron chi connectivity index (χ4n) is 2.01. The molecule has 0 radical (unpaired) electrons. The van der Waals surface area contributed by atoms with Crippen LogP contribution in [0.3, 0.4) is 0 Å². The van der Waals surface area contributed by atoms with Crippen molar-refractivity contribution in [2.45, 2.75) is 19.4 Å². The van der Waals surface area contributed by atoms with Crippen LogP contribution >= 0.6 is 15.9 Å². The van der Waals surface area contributed by atoms with Gasteiger partial charge < -0.3 is 5.32 Å². The summed E-state index contributed by atoms with van der Waals surface area (Å²) < 4.78 is 1.17. The highest BCUT2D eigenvalue weighted by atomic mass is 79.9. The summed E-state index contributed by atoms with van der Waals surface area (Å²) >= 11 is 3.59. The second-order valence-corrected chi connectivity index (χ2v) is 5.29. The van der Waals surface area contributed by atoms with Crippen molar-refractivity contribution < 1.29 is 0 Å². The minimum absolute atomic E-state index is 0.365. The van der Waals surface area contributed by atoms with E-state index in [2.05, 4.69) is 76.7 Å². The molecule has 1 atom stereocenters. The number of hydrogen-bond donors (Lipinski definition) is 1. The smallest absolute Gasteiger partial charge is 0.0303 e. The van der Waals surface area contributed by atoms with E-state index in [0.29, 0.717) is 6.04 Å². The van der Waals surface area contributed by atoms with Crippen LogP contribution < -0.4 is 5.32 Å². The summed E-state index contributed by atoms with van der Waals surface area (Å²) in [4.78, 5) is 0. The van der Waals surface area contributed by atoms with Crippen molar-refractivity contribution in [3.05, 3.63) is 70.2 Å². The lowest BCUT2D eigenvalue weighted by Gasteiger charge is -2.15. The molecule has 0 aliphatic heterocycles. The third kappa shape index (κ3) is 3.69. The first kappa shape index (κ1) is 13.3. The van der Waals surface area contributed by atoms with Gasteiger partial charge in [0, 0.05) is 10.5 Å². The van der Waals surface area contributed by atoms with Gasteiger partial charge in [-0.25, -0.2) is 0 Å². The van der Waals surface area contributed by atoms with Crippen LogP contribution in [0.1, 0.15) is 24.1 Å². The van der Waals surface area contributed by atoms with Crippen LogP contribution in [0.2, 0.25) is 0 Å². The molecule has 0 aliphatic carbocycles. The van der Waals surface area contributed by atoms with E-state index in [1.165, 1.54) is 15.6 Å². The van der Waals surface area contributed by atoms with Crippen molar-refractivity contribution in [3.8, 4) is 0 Å². The van der Waals surface area contributed by atoms with E-state index in [1.807, 2.05) is 6.07 Å². The Labute approximate surface area is 117 Å². The van der Waals surface area contributed by atoms with Crippen molar-refractivity contribution in [2.24, 2.45) is 0 Å². The lowest BCUT2D eigenvalue weighted by molar-refractivity contribution is 0.575. The van der Waals surface area contributed by atoms with Gasteiger partial charge in [-0.3, -0.25) is 0 Å². The van der Waals surface area contributed by atoms with E-state index >= 15 is 0 Å². The Morgan fingerprint density at radius 1 is 1.00 bits per heavy atom. The predicted molar refractivity (Wildman–Crippen MR) is 80.7 cm³/mol. The Morgan fingerprint density at radius 3 is 2.39 bits per heavy atom. The van der Waals surface area contributed by atoms with Gasteiger partial charge in [-0.05, 0) is 37.1 Å². The molecule has 0 bridgehead atoms. The number of rotatable bonds is 5. The van der Waals surface area contributed by atoms with E-state index in [9.17, 15) is 0 Å². The Kier molecular flexibility index (Phi) is 4.97. The van der Waals surface area contributed by atoms with Gasteiger partial charge in [0.1, 0.15) is 0 Å². The van der Waals surface area contributed by atoms with Crippen LogP contribution in [0.25, 0.3) is 0 Å². The van der Waals surface area contributed by atoms with Crippen LogP contribution in [0.4, 0.5) is 0 Å². The van der Waals surface area contributed by atoms with Crippen LogP contribution in [0.5, 0.6) is 0 Å². The van der Waals surface area contributed by atoms with Crippen LogP contribution in [-0.2, 0) is 6.42 Å². The normalized spacial score (nSPS) is 12.3. The molecule has 0 fully saturated rings. The lowest BCUT2D eigenvalue weighted by Crippen LogP contribution is -2.21. The summed E-state index contributed by atoms with van der Waals surface area (Å²) in [5, 5.41) is 3.56. The Hall–Kier alpha value is -1.12. The van der Waals surface area contributed by atoms with E-state index < -0.39 is 0 Å². The van der Waals surface area contributed by atoms with E-state index in [4.69, 9.17) is 0 Å². The largest absolute Gasteiger partial charge is 0.310 e. The average molecular weight is 304 g/mol. The molecule has 2 aromatic carbocycles. The molecule has 0 saturated heterocycles. The number of nitrogens with one attached hydrogen (secondary N) is 1. The van der Waals surface area contributed by atoms with E-state index in [1.54, 1.807) is 0 Å². The first-order chi connectivity index (χ1) is 8.77. The second-order valence-electron chi connectivity index (χ2n) is 4.43. The highest BCUT2D eigenvalue weighted by Gasteiger charge is 2.07. The van der Waals surface area contributed by atoms with Crippen LogP contribution in [0, 0.1) is 0 Å². The number of benzene rings is 2. The van der Waals surface area contributed by atoms with Gasteiger partial charge in [-0.15, -0.1) is 0 Å². The number of halogens is 1. The molecule has 0 heterocycles. The van der Waals surface area contributed by atoms with Gasteiger partial charge in [-0.2, -0.15) is 0 Å². The maximum Gasteiger partial charge on any atom is 0.0303 e. The first-order valence-corrected chi connectivity index (χ1v) is 7.08. The van der Waals surface area contributed by atoms with Crippen LogP contribution in [0.15, 0.2) is 59.1 Å². The topological polar surface area (TPSA) is 12.0 Å². The quantitative estimate of drug-likeness (QED) is 0.866. The molecular formula is C16H18BrN. The van der Waals surface area contributed by atoms with Crippen molar-refractivity contribution in [1.82, 2.24) is 5.32 Å². The molecule has 1 nitrogen and oxygen atoms in total. The van der Waals surface area contributed by atoms with Crippen molar-refractivity contribution in [3.63, 3.8) is 0 Å². The molecule has 0 spiro atoms. The van der Waals surface area contributed by atoms with Crippen molar-refractivity contribution >= 4 is 15.9 Å². The highest BCUT2D eigenvalue weighted by Crippen LogP contribution is 2.22. The lowest BCUT2D eigenvalue weighted by atomic mass is 10.1. The summed E-state index contributed by atoms with van der Waals surface area (Å²) in [6, 6.07) is 19.3. The zero-order valence-corrected chi connectivity index (χ0v) is 12.2. The summed E-state index contributed by atoms with van der Waals surface area (Å²) in [5.74, 6) is 0. The van der Waals surface area contributed by atoms with Gasteiger partial charge in [0.25, 0.3) is 0 Å². The number of hydrogen-bond acceptors (Lipinski definition) is 1. The van der Waals surface area contributed by atoms with E-state index in [0.717, 1.165) is 13.0 Å². The standard InChI is InChI=1S/C16H18BrN/c1-13(15-9-5-6-10-16(15)17)18-12-11-14-7-3-2-4-8-14/h2-10,13,18H,11-12H2,1H3. The minimum Gasteiger partial charge on any atom is -0.310 e. The average Bonchev–Trinajstić information content (AvgIpc) is 2.40. The predicted octanol–water partition coefficient (Wildman–Crippen LogP) is 4.34. The zero-order valence-electron chi connectivity index (χ0n) is 10.6. The molecule has 0 aliphatic rings. The van der Waals surface area contributed by atoms with Gasteiger partial charge in [0.05, 0.1) is 0 Å². The van der Waals surface area contributed by atoms with Crippen molar-refractivity contribution in [1.29, 1.82) is 0 Å². The SMILES string of the molecule is CC(NCCc1ccccc1)c1ccccc1Br. The van der Waals surface area contributed by atoms with Gasteiger partial charge in [0.2, 0.25) is 0 Å². The monoisotopic (exact) mass is 303 g/mol. The third-order valence-electron chi connectivity index (χ3n) is 3.08. The second kappa shape index (κ2) is 6.72. The minimum atomic E-state index is 0.365.